The molecule has 0 aliphatic carbocycles. The van der Waals surface area contributed by atoms with Crippen LogP contribution in [0.5, 0.6) is 5.75 Å². The maximum atomic E-state index is 12.7. The molecule has 2 fully saturated rings. The first-order valence-electron chi connectivity index (χ1n) is 9.88. The first-order chi connectivity index (χ1) is 15.2. The van der Waals surface area contributed by atoms with Gasteiger partial charge in [-0.3, -0.25) is 15.0 Å². The number of amides is 1. The van der Waals surface area contributed by atoms with Crippen molar-refractivity contribution in [3.05, 3.63) is 29.3 Å². The lowest BCUT2D eigenvalue weighted by Crippen LogP contribution is -2.56. The summed E-state index contributed by atoms with van der Waals surface area (Å²) < 4.78 is 16.2. The van der Waals surface area contributed by atoms with Gasteiger partial charge in [-0.15, -0.1) is 26.6 Å². The standard InChI is InChI=1S/C19H21N7O4S/c1-28-13-9-15(26-6-4-25(5-7-26)12-10-29-11-12)21-22-16(13)17(27)20-19-24-23-18(30-19)14-3-2-8-31-14/h2-3,8-9,12H,4-7,10-11H2,1H3,(H,20,24,27). The molecule has 12 heteroatoms. The average Bonchev–Trinajstić information content (AvgIpc) is 3.44. The van der Waals surface area contributed by atoms with Crippen LogP contribution in [0, 0.1) is 0 Å². The third-order valence-corrected chi connectivity index (χ3v) is 6.19. The predicted molar refractivity (Wildman–Crippen MR) is 113 cm³/mol. The van der Waals surface area contributed by atoms with Crippen LogP contribution in [-0.4, -0.2) is 83.7 Å². The van der Waals surface area contributed by atoms with Crippen LogP contribution in [0.25, 0.3) is 10.8 Å². The highest BCUT2D eigenvalue weighted by Crippen LogP contribution is 2.26. The van der Waals surface area contributed by atoms with E-state index in [0.717, 1.165) is 44.3 Å². The van der Waals surface area contributed by atoms with Crippen LogP contribution in [-0.2, 0) is 4.74 Å². The van der Waals surface area contributed by atoms with Gasteiger partial charge in [0, 0.05) is 32.2 Å². The Morgan fingerprint density at radius 2 is 2.03 bits per heavy atom. The van der Waals surface area contributed by atoms with Crippen molar-refractivity contribution in [3.8, 4) is 16.5 Å². The third-order valence-electron chi connectivity index (χ3n) is 5.33. The second kappa shape index (κ2) is 8.57. The van der Waals surface area contributed by atoms with Gasteiger partial charge in [0.15, 0.2) is 17.3 Å². The van der Waals surface area contributed by atoms with E-state index in [9.17, 15) is 4.79 Å². The number of methoxy groups -OCH3 is 1. The van der Waals surface area contributed by atoms with Gasteiger partial charge in [-0.2, -0.15) is 0 Å². The minimum absolute atomic E-state index is 0.0163. The zero-order chi connectivity index (χ0) is 21.2. The Morgan fingerprint density at radius 1 is 1.19 bits per heavy atom. The van der Waals surface area contributed by atoms with Crippen molar-refractivity contribution in [1.82, 2.24) is 25.3 Å². The SMILES string of the molecule is COc1cc(N2CCN(C3COC3)CC2)nnc1C(=O)Nc1nnc(-c2cccs2)o1. The molecule has 31 heavy (non-hydrogen) atoms. The minimum Gasteiger partial charge on any atom is -0.494 e. The third kappa shape index (κ3) is 4.09. The number of nitrogens with zero attached hydrogens (tertiary/aromatic N) is 6. The van der Waals surface area contributed by atoms with Crippen LogP contribution in [0.3, 0.4) is 0 Å². The molecule has 0 atom stereocenters. The smallest absolute Gasteiger partial charge is 0.322 e. The number of carbonyl (C=O) groups excluding carboxylic acids is 1. The van der Waals surface area contributed by atoms with Gasteiger partial charge >= 0.3 is 6.01 Å². The molecule has 0 bridgehead atoms. The molecule has 0 radical (unpaired) electrons. The van der Waals surface area contributed by atoms with Gasteiger partial charge in [-0.1, -0.05) is 11.2 Å². The molecule has 2 saturated heterocycles. The highest BCUT2D eigenvalue weighted by molar-refractivity contribution is 7.13. The van der Waals surface area contributed by atoms with E-state index in [4.69, 9.17) is 13.9 Å². The Morgan fingerprint density at radius 3 is 2.71 bits per heavy atom. The minimum atomic E-state index is -0.535. The Hall–Kier alpha value is -3.09. The fourth-order valence-electron chi connectivity index (χ4n) is 3.51. The molecule has 5 rings (SSSR count). The number of nitrogens with one attached hydrogen (secondary N) is 1. The summed E-state index contributed by atoms with van der Waals surface area (Å²) in [6, 6.07) is 5.98. The van der Waals surface area contributed by atoms with Crippen molar-refractivity contribution in [2.24, 2.45) is 0 Å². The zero-order valence-electron chi connectivity index (χ0n) is 16.9. The monoisotopic (exact) mass is 443 g/mol. The maximum absolute atomic E-state index is 12.7. The number of carbonyl (C=O) groups is 1. The van der Waals surface area contributed by atoms with Crippen molar-refractivity contribution >= 4 is 29.1 Å². The van der Waals surface area contributed by atoms with Crippen LogP contribution >= 0.6 is 11.3 Å². The molecule has 0 aromatic carbocycles. The molecular weight excluding hydrogens is 422 g/mol. The molecule has 2 aliphatic rings. The van der Waals surface area contributed by atoms with E-state index in [1.807, 2.05) is 17.5 Å². The van der Waals surface area contributed by atoms with Gasteiger partial charge in [0.25, 0.3) is 11.8 Å². The first-order valence-corrected chi connectivity index (χ1v) is 10.8. The topological polar surface area (TPSA) is 119 Å². The zero-order valence-corrected chi connectivity index (χ0v) is 17.7. The van der Waals surface area contributed by atoms with Gasteiger partial charge in [0.1, 0.15) is 0 Å². The summed E-state index contributed by atoms with van der Waals surface area (Å²) in [6.07, 6.45) is 0. The summed E-state index contributed by atoms with van der Waals surface area (Å²) in [5.41, 5.74) is 0.0485. The Labute approximate surface area is 182 Å². The molecule has 3 aromatic rings. The molecule has 11 nitrogen and oxygen atoms in total. The van der Waals surface area contributed by atoms with Crippen molar-refractivity contribution in [2.75, 3.05) is 56.7 Å². The van der Waals surface area contributed by atoms with Gasteiger partial charge in [-0.25, -0.2) is 0 Å². The lowest BCUT2D eigenvalue weighted by atomic mass is 10.2. The molecule has 162 valence electrons. The lowest BCUT2D eigenvalue weighted by Gasteiger charge is -2.42. The second-order valence-corrected chi connectivity index (χ2v) is 8.13. The van der Waals surface area contributed by atoms with E-state index in [0.29, 0.717) is 23.5 Å². The molecule has 0 spiro atoms. The summed E-state index contributed by atoms with van der Waals surface area (Å²) in [7, 11) is 1.49. The van der Waals surface area contributed by atoms with Crippen LogP contribution in [0.2, 0.25) is 0 Å². The summed E-state index contributed by atoms with van der Waals surface area (Å²) in [5, 5.41) is 20.6. The molecule has 0 unspecified atom stereocenters. The van der Waals surface area contributed by atoms with Crippen LogP contribution < -0.4 is 15.0 Å². The number of thiophene rings is 1. The summed E-state index contributed by atoms with van der Waals surface area (Å²) >= 11 is 1.47. The Bertz CT molecular complexity index is 1050. The molecule has 1 N–H and O–H groups in total. The lowest BCUT2D eigenvalue weighted by molar-refractivity contribution is -0.0661. The van der Waals surface area contributed by atoms with E-state index in [-0.39, 0.29) is 11.7 Å². The van der Waals surface area contributed by atoms with E-state index >= 15 is 0 Å². The first kappa shape index (κ1) is 19.8. The highest BCUT2D eigenvalue weighted by Gasteiger charge is 2.30. The number of ether oxygens (including phenoxy) is 2. The van der Waals surface area contributed by atoms with E-state index in [1.54, 1.807) is 6.07 Å². The van der Waals surface area contributed by atoms with Crippen LogP contribution in [0.4, 0.5) is 11.8 Å². The number of aromatic nitrogens is 4. The maximum Gasteiger partial charge on any atom is 0.322 e. The highest BCUT2D eigenvalue weighted by atomic mass is 32.1. The summed E-state index contributed by atoms with van der Waals surface area (Å²) in [6.45, 7) is 5.15. The van der Waals surface area contributed by atoms with Crippen molar-refractivity contribution in [2.45, 2.75) is 6.04 Å². The number of hydrogen-bond donors (Lipinski definition) is 1. The average molecular weight is 443 g/mol. The fraction of sp³-hybridized carbons (Fsp3) is 0.421. The number of piperazine rings is 1. The second-order valence-electron chi connectivity index (χ2n) is 7.18. The quantitative estimate of drug-likeness (QED) is 0.598. The van der Waals surface area contributed by atoms with E-state index < -0.39 is 5.91 Å². The Kier molecular flexibility index (Phi) is 5.49. The molecule has 3 aromatic heterocycles. The Balaban J connectivity index is 1.26. The van der Waals surface area contributed by atoms with Crippen molar-refractivity contribution in [3.63, 3.8) is 0 Å². The molecular formula is C19H21N7O4S. The number of hydrogen-bond acceptors (Lipinski definition) is 11. The van der Waals surface area contributed by atoms with Gasteiger partial charge < -0.3 is 18.8 Å². The normalized spacial score (nSPS) is 17.4. The molecule has 2 aliphatic heterocycles. The van der Waals surface area contributed by atoms with Crippen LogP contribution in [0.15, 0.2) is 28.0 Å². The molecule has 1 amide bonds. The number of anilines is 2. The summed E-state index contributed by atoms with van der Waals surface area (Å²) in [4.78, 5) is 18.1. The van der Waals surface area contributed by atoms with Gasteiger partial charge in [-0.05, 0) is 11.4 Å². The predicted octanol–water partition coefficient (Wildman–Crippen LogP) is 1.37. The van der Waals surface area contributed by atoms with Crippen molar-refractivity contribution in [1.29, 1.82) is 0 Å². The molecule has 0 saturated carbocycles. The largest absolute Gasteiger partial charge is 0.494 e. The van der Waals surface area contributed by atoms with E-state index in [2.05, 4.69) is 35.5 Å². The fourth-order valence-corrected chi connectivity index (χ4v) is 4.16. The summed E-state index contributed by atoms with van der Waals surface area (Å²) in [5.74, 6) is 0.810. The number of rotatable bonds is 6. The molecule has 5 heterocycles. The van der Waals surface area contributed by atoms with Crippen molar-refractivity contribution < 1.29 is 18.7 Å². The van der Waals surface area contributed by atoms with E-state index in [1.165, 1.54) is 18.4 Å². The van der Waals surface area contributed by atoms with Gasteiger partial charge in [0.05, 0.1) is 31.2 Å². The van der Waals surface area contributed by atoms with Crippen LogP contribution in [0.1, 0.15) is 10.5 Å². The van der Waals surface area contributed by atoms with Gasteiger partial charge in [0.2, 0.25) is 0 Å².